The molecule has 0 saturated carbocycles. The Bertz CT molecular complexity index is 1060. The van der Waals surface area contributed by atoms with E-state index < -0.39 is 27.3 Å². The molecule has 25 heavy (non-hydrogen) atoms. The molecule has 0 bridgehead atoms. The van der Waals surface area contributed by atoms with Gasteiger partial charge in [0.15, 0.2) is 21.6 Å². The molecule has 0 aliphatic rings. The molecule has 3 aromatic rings. The number of benzene rings is 1. The van der Waals surface area contributed by atoms with E-state index in [0.717, 1.165) is 0 Å². The highest BCUT2D eigenvalue weighted by Gasteiger charge is 2.35. The second kappa shape index (κ2) is 5.73. The maximum absolute atomic E-state index is 12.8. The van der Waals surface area contributed by atoms with E-state index in [2.05, 4.69) is 4.98 Å². The van der Waals surface area contributed by atoms with Gasteiger partial charge in [-0.05, 0) is 18.2 Å². The molecule has 0 spiro atoms. The minimum absolute atomic E-state index is 0.0717. The number of oxazole rings is 1. The lowest BCUT2D eigenvalue weighted by Crippen LogP contribution is -2.28. The Labute approximate surface area is 140 Å². The molecule has 0 fully saturated rings. The van der Waals surface area contributed by atoms with Crippen molar-refractivity contribution in [2.75, 3.05) is 5.75 Å². The van der Waals surface area contributed by atoms with Crippen molar-refractivity contribution in [3.63, 3.8) is 0 Å². The van der Waals surface area contributed by atoms with Crippen molar-refractivity contribution in [3.8, 4) is 11.5 Å². The Morgan fingerprint density at radius 2 is 1.96 bits per heavy atom. The number of fused-ring (bicyclic) bond motifs is 1. The van der Waals surface area contributed by atoms with Gasteiger partial charge < -0.3 is 9.62 Å². The summed E-state index contributed by atoms with van der Waals surface area (Å²) in [5, 5.41) is 11.8. The van der Waals surface area contributed by atoms with Gasteiger partial charge in [0, 0.05) is 0 Å². The fraction of sp³-hybridized carbons (Fsp3) is 0.200. The van der Waals surface area contributed by atoms with Crippen LogP contribution in [0.1, 0.15) is 12.5 Å². The maximum atomic E-state index is 12.8. The smallest absolute Gasteiger partial charge is 0.422 e. The van der Waals surface area contributed by atoms with E-state index in [-0.39, 0.29) is 32.3 Å². The molecule has 0 amide bonds. The van der Waals surface area contributed by atoms with Crippen LogP contribution in [0.25, 0.3) is 22.7 Å². The van der Waals surface area contributed by atoms with Crippen molar-refractivity contribution in [3.05, 3.63) is 47.3 Å². The molecule has 0 radical (unpaired) electrons. The van der Waals surface area contributed by atoms with E-state index >= 15 is 0 Å². The summed E-state index contributed by atoms with van der Waals surface area (Å²) in [6.07, 6.45) is -4.38. The standard InChI is InChI=1S/C15H11F3N2O4S/c1-2-25(22,23)12-6-4-3-5-10(12)13-19-11-7-9(15(16,17)18)8-20(21)14(11)24-13/h3-8H,2H2,1H3. The number of rotatable bonds is 3. The van der Waals surface area contributed by atoms with E-state index in [1.54, 1.807) is 0 Å². The summed E-state index contributed by atoms with van der Waals surface area (Å²) in [5.74, 6) is -0.421. The largest absolute Gasteiger partial charge is 0.616 e. The average molecular weight is 372 g/mol. The number of sulfone groups is 1. The van der Waals surface area contributed by atoms with Gasteiger partial charge in [-0.2, -0.15) is 13.2 Å². The highest BCUT2D eigenvalue weighted by atomic mass is 32.2. The first-order chi connectivity index (χ1) is 11.6. The Morgan fingerprint density at radius 3 is 2.60 bits per heavy atom. The van der Waals surface area contributed by atoms with Gasteiger partial charge in [-0.3, -0.25) is 0 Å². The van der Waals surface area contributed by atoms with E-state index in [4.69, 9.17) is 4.42 Å². The lowest BCUT2D eigenvalue weighted by atomic mass is 10.2. The summed E-state index contributed by atoms with van der Waals surface area (Å²) in [4.78, 5) is 3.80. The Balaban J connectivity index is 2.24. The average Bonchev–Trinajstić information content (AvgIpc) is 2.99. The zero-order valence-corrected chi connectivity index (χ0v) is 13.6. The van der Waals surface area contributed by atoms with Crippen LogP contribution < -0.4 is 4.73 Å². The van der Waals surface area contributed by atoms with Crippen LogP contribution >= 0.6 is 0 Å². The van der Waals surface area contributed by atoms with Crippen LogP contribution in [0.4, 0.5) is 13.2 Å². The quantitative estimate of drug-likeness (QED) is 0.521. The summed E-state index contributed by atoms with van der Waals surface area (Å²) in [6, 6.07) is 6.46. The van der Waals surface area contributed by atoms with Gasteiger partial charge in [0.2, 0.25) is 5.89 Å². The summed E-state index contributed by atoms with van der Waals surface area (Å²) in [6.45, 7) is 1.46. The van der Waals surface area contributed by atoms with Crippen molar-refractivity contribution < 1.29 is 30.7 Å². The fourth-order valence-electron chi connectivity index (χ4n) is 2.29. The molecule has 1 aromatic carbocycles. The number of aromatic nitrogens is 2. The first kappa shape index (κ1) is 17.2. The second-order valence-electron chi connectivity index (χ2n) is 5.16. The third-order valence-corrected chi connectivity index (χ3v) is 5.33. The monoisotopic (exact) mass is 372 g/mol. The minimum Gasteiger partial charge on any atom is -0.616 e. The van der Waals surface area contributed by atoms with Gasteiger partial charge in [-0.1, -0.05) is 19.1 Å². The van der Waals surface area contributed by atoms with E-state index in [0.29, 0.717) is 12.3 Å². The number of alkyl halides is 3. The first-order valence-electron chi connectivity index (χ1n) is 7.06. The van der Waals surface area contributed by atoms with Crippen molar-refractivity contribution in [2.24, 2.45) is 0 Å². The number of hydrogen-bond acceptors (Lipinski definition) is 5. The second-order valence-corrected chi connectivity index (χ2v) is 7.41. The molecule has 2 aromatic heterocycles. The van der Waals surface area contributed by atoms with Crippen molar-refractivity contribution in [1.29, 1.82) is 0 Å². The van der Waals surface area contributed by atoms with Crippen molar-refractivity contribution >= 4 is 21.1 Å². The molecule has 6 nitrogen and oxygen atoms in total. The summed E-state index contributed by atoms with van der Waals surface area (Å²) >= 11 is 0. The Hall–Kier alpha value is -2.62. The van der Waals surface area contributed by atoms with Crippen LogP contribution in [0.5, 0.6) is 0 Å². The van der Waals surface area contributed by atoms with Gasteiger partial charge in [-0.15, -0.1) is 4.73 Å². The molecule has 10 heteroatoms. The number of halogens is 3. The Kier molecular flexibility index (Phi) is 3.94. The SMILES string of the molecule is CCS(=O)(=O)c1ccccc1-c1nc2cc(C(F)(F)F)c[n+]([O-])c2o1. The maximum Gasteiger partial charge on any atom is 0.422 e. The molecule has 0 saturated heterocycles. The lowest BCUT2D eigenvalue weighted by molar-refractivity contribution is -0.585. The zero-order chi connectivity index (χ0) is 18.4. The molecule has 3 rings (SSSR count). The van der Waals surface area contributed by atoms with Crippen LogP contribution in [-0.2, 0) is 16.0 Å². The van der Waals surface area contributed by atoms with E-state index in [1.165, 1.54) is 31.2 Å². The lowest BCUT2D eigenvalue weighted by Gasteiger charge is -2.05. The van der Waals surface area contributed by atoms with E-state index in [9.17, 15) is 26.8 Å². The van der Waals surface area contributed by atoms with Crippen LogP contribution in [-0.4, -0.2) is 19.2 Å². The van der Waals surface area contributed by atoms with Crippen LogP contribution in [0, 0.1) is 5.21 Å². The van der Waals surface area contributed by atoms with Crippen LogP contribution in [0.2, 0.25) is 0 Å². The number of pyridine rings is 1. The molecule has 0 aliphatic heterocycles. The third-order valence-electron chi connectivity index (χ3n) is 3.54. The third kappa shape index (κ3) is 3.04. The van der Waals surface area contributed by atoms with Crippen LogP contribution in [0.3, 0.4) is 0 Å². The molecule has 0 unspecified atom stereocenters. The summed E-state index contributed by atoms with van der Waals surface area (Å²) in [5.41, 5.74) is -1.85. The first-order valence-corrected chi connectivity index (χ1v) is 8.72. The molecule has 2 heterocycles. The topological polar surface area (TPSA) is 87.1 Å². The van der Waals surface area contributed by atoms with Gasteiger partial charge >= 0.3 is 11.9 Å². The molecular weight excluding hydrogens is 361 g/mol. The molecule has 132 valence electrons. The van der Waals surface area contributed by atoms with E-state index in [1.807, 2.05) is 0 Å². The van der Waals surface area contributed by atoms with Gasteiger partial charge in [0.1, 0.15) is 5.56 Å². The summed E-state index contributed by atoms with van der Waals surface area (Å²) in [7, 11) is -3.62. The van der Waals surface area contributed by atoms with Gasteiger partial charge in [0.05, 0.1) is 16.2 Å². The predicted molar refractivity (Wildman–Crippen MR) is 81.1 cm³/mol. The number of hydrogen-bond donors (Lipinski definition) is 0. The predicted octanol–water partition coefficient (Wildman–Crippen LogP) is 2.94. The normalized spacial score (nSPS) is 12.6. The zero-order valence-electron chi connectivity index (χ0n) is 12.7. The van der Waals surface area contributed by atoms with Gasteiger partial charge in [0.25, 0.3) is 0 Å². The highest BCUT2D eigenvalue weighted by Crippen LogP contribution is 2.32. The highest BCUT2D eigenvalue weighted by molar-refractivity contribution is 7.91. The van der Waals surface area contributed by atoms with Crippen molar-refractivity contribution in [1.82, 2.24) is 4.98 Å². The molecule has 0 atom stereocenters. The molecule has 0 aliphatic carbocycles. The molecular formula is C15H11F3N2O4S. The van der Waals surface area contributed by atoms with Crippen LogP contribution in [0.15, 0.2) is 45.8 Å². The molecule has 0 N–H and O–H groups in total. The fourth-order valence-corrected chi connectivity index (χ4v) is 3.37. The van der Waals surface area contributed by atoms with Gasteiger partial charge in [-0.25, -0.2) is 13.4 Å². The Morgan fingerprint density at radius 1 is 1.28 bits per heavy atom. The number of nitrogens with zero attached hydrogens (tertiary/aromatic N) is 2. The minimum atomic E-state index is -4.72. The summed E-state index contributed by atoms with van der Waals surface area (Å²) < 4.78 is 67.9. The van der Waals surface area contributed by atoms with Crippen molar-refractivity contribution in [2.45, 2.75) is 18.0 Å².